The summed E-state index contributed by atoms with van der Waals surface area (Å²) in [5, 5.41) is 3.46. The van der Waals surface area contributed by atoms with E-state index in [4.69, 9.17) is 16.3 Å². The monoisotopic (exact) mass is 416 g/mol. The zero-order valence-corrected chi connectivity index (χ0v) is 18.0. The van der Waals surface area contributed by atoms with Crippen molar-refractivity contribution in [2.75, 3.05) is 13.2 Å². The van der Waals surface area contributed by atoms with Crippen LogP contribution in [0.1, 0.15) is 37.8 Å². The molecule has 0 saturated heterocycles. The van der Waals surface area contributed by atoms with Crippen molar-refractivity contribution in [1.82, 2.24) is 10.2 Å². The Morgan fingerprint density at radius 1 is 1.10 bits per heavy atom. The Hall–Kier alpha value is -2.53. The van der Waals surface area contributed by atoms with Crippen LogP contribution in [0.4, 0.5) is 0 Å². The molecule has 5 nitrogen and oxygen atoms in total. The molecule has 0 bridgehead atoms. The predicted octanol–water partition coefficient (Wildman–Crippen LogP) is 4.36. The van der Waals surface area contributed by atoms with E-state index >= 15 is 0 Å². The first-order valence-corrected chi connectivity index (χ1v) is 10.3. The standard InChI is InChI=1S/C23H29ClN2O3/c1-4-14-25-23(28)20(5-2)26(15-18-11-7-8-12-19(18)24)22(27)16-29-21-13-9-6-10-17(21)3/h6-13,20H,4-5,14-16H2,1-3H3,(H,25,28). The zero-order valence-electron chi connectivity index (χ0n) is 17.3. The average molecular weight is 417 g/mol. The number of benzene rings is 2. The molecule has 29 heavy (non-hydrogen) atoms. The lowest BCUT2D eigenvalue weighted by molar-refractivity contribution is -0.143. The molecule has 0 aliphatic heterocycles. The molecule has 2 amide bonds. The van der Waals surface area contributed by atoms with E-state index in [-0.39, 0.29) is 25.0 Å². The van der Waals surface area contributed by atoms with Crippen LogP contribution in [0.15, 0.2) is 48.5 Å². The molecular weight excluding hydrogens is 388 g/mol. The fourth-order valence-electron chi connectivity index (χ4n) is 3.04. The number of para-hydroxylation sites is 1. The minimum Gasteiger partial charge on any atom is -0.484 e. The molecule has 6 heteroatoms. The maximum Gasteiger partial charge on any atom is 0.261 e. The molecular formula is C23H29ClN2O3. The highest BCUT2D eigenvalue weighted by molar-refractivity contribution is 6.31. The second-order valence-corrected chi connectivity index (χ2v) is 7.29. The van der Waals surface area contributed by atoms with E-state index in [0.717, 1.165) is 17.5 Å². The summed E-state index contributed by atoms with van der Waals surface area (Å²) in [5.74, 6) is 0.236. The lowest BCUT2D eigenvalue weighted by Crippen LogP contribution is -2.50. The van der Waals surface area contributed by atoms with Crippen molar-refractivity contribution in [3.05, 3.63) is 64.7 Å². The van der Waals surface area contributed by atoms with Gasteiger partial charge >= 0.3 is 0 Å². The molecule has 156 valence electrons. The summed E-state index contributed by atoms with van der Waals surface area (Å²) in [4.78, 5) is 27.4. The number of carbonyl (C=O) groups is 2. The van der Waals surface area contributed by atoms with Crippen LogP contribution in [-0.2, 0) is 16.1 Å². The molecule has 2 aromatic rings. The quantitative estimate of drug-likeness (QED) is 0.626. The topological polar surface area (TPSA) is 58.6 Å². The van der Waals surface area contributed by atoms with Gasteiger partial charge in [-0.05, 0) is 43.0 Å². The molecule has 2 rings (SSSR count). The summed E-state index contributed by atoms with van der Waals surface area (Å²) in [6, 6.07) is 14.3. The molecule has 1 unspecified atom stereocenters. The van der Waals surface area contributed by atoms with E-state index in [1.54, 1.807) is 11.0 Å². The average Bonchev–Trinajstić information content (AvgIpc) is 2.72. The third-order valence-corrected chi connectivity index (χ3v) is 5.05. The lowest BCUT2D eigenvalue weighted by Gasteiger charge is -2.31. The van der Waals surface area contributed by atoms with Crippen molar-refractivity contribution < 1.29 is 14.3 Å². The van der Waals surface area contributed by atoms with Crippen LogP contribution in [0, 0.1) is 6.92 Å². The summed E-state index contributed by atoms with van der Waals surface area (Å²) in [7, 11) is 0. The van der Waals surface area contributed by atoms with E-state index < -0.39 is 6.04 Å². The number of carbonyl (C=O) groups excluding carboxylic acids is 2. The van der Waals surface area contributed by atoms with Gasteiger partial charge in [0.15, 0.2) is 6.61 Å². The number of amides is 2. The summed E-state index contributed by atoms with van der Waals surface area (Å²) in [6.07, 6.45) is 1.33. The smallest absolute Gasteiger partial charge is 0.261 e. The summed E-state index contributed by atoms with van der Waals surface area (Å²) >= 11 is 6.31. The SMILES string of the molecule is CCCNC(=O)C(CC)N(Cc1ccccc1Cl)C(=O)COc1ccccc1C. The first-order chi connectivity index (χ1) is 14.0. The van der Waals surface area contributed by atoms with Crippen LogP contribution >= 0.6 is 11.6 Å². The number of nitrogens with zero attached hydrogens (tertiary/aromatic N) is 1. The minimum absolute atomic E-state index is 0.146. The van der Waals surface area contributed by atoms with E-state index in [9.17, 15) is 9.59 Å². The third kappa shape index (κ3) is 6.50. The van der Waals surface area contributed by atoms with E-state index in [1.807, 2.05) is 63.2 Å². The summed E-state index contributed by atoms with van der Waals surface area (Å²) in [6.45, 7) is 6.48. The Kier molecular flexibility index (Phi) is 9.00. The fraction of sp³-hybridized carbons (Fsp3) is 0.391. The van der Waals surface area contributed by atoms with Crippen molar-refractivity contribution in [3.8, 4) is 5.75 Å². The van der Waals surface area contributed by atoms with Crippen molar-refractivity contribution in [3.63, 3.8) is 0 Å². The van der Waals surface area contributed by atoms with Crippen LogP contribution in [0.2, 0.25) is 5.02 Å². The van der Waals surface area contributed by atoms with Gasteiger partial charge in [-0.25, -0.2) is 0 Å². The molecule has 0 radical (unpaired) electrons. The van der Waals surface area contributed by atoms with Crippen LogP contribution in [-0.4, -0.2) is 35.9 Å². The highest BCUT2D eigenvalue weighted by atomic mass is 35.5. The van der Waals surface area contributed by atoms with Gasteiger partial charge in [-0.3, -0.25) is 9.59 Å². The predicted molar refractivity (Wildman–Crippen MR) is 116 cm³/mol. The molecule has 0 saturated carbocycles. The Morgan fingerprint density at radius 3 is 2.45 bits per heavy atom. The van der Waals surface area contributed by atoms with Gasteiger partial charge in [0.25, 0.3) is 5.91 Å². The van der Waals surface area contributed by atoms with Gasteiger partial charge in [0.05, 0.1) is 0 Å². The fourth-order valence-corrected chi connectivity index (χ4v) is 3.23. The van der Waals surface area contributed by atoms with Gasteiger partial charge in [-0.15, -0.1) is 0 Å². The number of rotatable bonds is 10. The van der Waals surface area contributed by atoms with Crippen LogP contribution in [0.25, 0.3) is 0 Å². The molecule has 0 heterocycles. The highest BCUT2D eigenvalue weighted by Gasteiger charge is 2.29. The van der Waals surface area contributed by atoms with Crippen molar-refractivity contribution in [1.29, 1.82) is 0 Å². The second kappa shape index (κ2) is 11.5. The number of nitrogens with one attached hydrogen (secondary N) is 1. The van der Waals surface area contributed by atoms with Gasteiger partial charge in [0, 0.05) is 18.1 Å². The van der Waals surface area contributed by atoms with Crippen molar-refractivity contribution >= 4 is 23.4 Å². The number of hydrogen-bond donors (Lipinski definition) is 1. The van der Waals surface area contributed by atoms with Crippen LogP contribution in [0.5, 0.6) is 5.75 Å². The largest absolute Gasteiger partial charge is 0.484 e. The summed E-state index contributed by atoms with van der Waals surface area (Å²) in [5.41, 5.74) is 1.74. The Morgan fingerprint density at radius 2 is 1.79 bits per heavy atom. The van der Waals surface area contributed by atoms with Gasteiger partial charge in [-0.2, -0.15) is 0 Å². The number of halogens is 1. The Balaban J connectivity index is 2.22. The molecule has 2 aromatic carbocycles. The number of ether oxygens (including phenoxy) is 1. The van der Waals surface area contributed by atoms with Gasteiger partial charge in [0.2, 0.25) is 5.91 Å². The second-order valence-electron chi connectivity index (χ2n) is 6.88. The van der Waals surface area contributed by atoms with Gasteiger partial charge in [0.1, 0.15) is 11.8 Å². The molecule has 0 aliphatic rings. The van der Waals surface area contributed by atoms with Gasteiger partial charge in [-0.1, -0.05) is 61.8 Å². The van der Waals surface area contributed by atoms with E-state index in [2.05, 4.69) is 5.32 Å². The first kappa shape index (κ1) is 22.8. The van der Waals surface area contributed by atoms with Crippen molar-refractivity contribution in [2.24, 2.45) is 0 Å². The lowest BCUT2D eigenvalue weighted by atomic mass is 10.1. The maximum absolute atomic E-state index is 13.1. The zero-order chi connectivity index (χ0) is 21.2. The Bertz CT molecular complexity index is 825. The van der Waals surface area contributed by atoms with Crippen LogP contribution < -0.4 is 10.1 Å². The third-order valence-electron chi connectivity index (χ3n) is 4.68. The number of aryl methyl sites for hydroxylation is 1. The Labute approximate surface area is 178 Å². The first-order valence-electron chi connectivity index (χ1n) is 9.96. The molecule has 0 fully saturated rings. The number of hydrogen-bond acceptors (Lipinski definition) is 3. The molecule has 1 N–H and O–H groups in total. The summed E-state index contributed by atoms with van der Waals surface area (Å²) < 4.78 is 5.75. The molecule has 0 aliphatic carbocycles. The normalized spacial score (nSPS) is 11.6. The molecule has 1 atom stereocenters. The van der Waals surface area contributed by atoms with E-state index in [1.165, 1.54) is 0 Å². The molecule has 0 aromatic heterocycles. The van der Waals surface area contributed by atoms with Gasteiger partial charge < -0.3 is 15.0 Å². The van der Waals surface area contributed by atoms with Crippen LogP contribution in [0.3, 0.4) is 0 Å². The highest BCUT2D eigenvalue weighted by Crippen LogP contribution is 2.21. The van der Waals surface area contributed by atoms with Crippen molar-refractivity contribution in [2.45, 2.75) is 46.2 Å². The van der Waals surface area contributed by atoms with E-state index in [0.29, 0.717) is 23.7 Å². The molecule has 0 spiro atoms. The minimum atomic E-state index is -0.592. The maximum atomic E-state index is 13.1.